The SMILES string of the molecule is Cc1ccc(F)cc1C(=O)NCc1ccc(-c2nn(C3CCOC3)c(N)c2C(N)=O)cc1.Cc1ccc(F)cc1C(=O)NCc1ccc(-c2nn(C3CCOCC3)c(N)c2C(N)=O)cc1.Cc1ccccc1C(=O)NCc1ccc(-c2nn(C3CCOCC3)c(N)c2C(N)=O)cc1F. The van der Waals surface area contributed by atoms with Gasteiger partial charge in [0.2, 0.25) is 0 Å². The molecule has 3 aliphatic heterocycles. The highest BCUT2D eigenvalue weighted by Crippen LogP contribution is 2.36. The number of aromatic nitrogens is 6. The molecule has 12 rings (SSSR count). The molecule has 0 saturated carbocycles. The highest BCUT2D eigenvalue weighted by Gasteiger charge is 2.31. The van der Waals surface area contributed by atoms with Crippen molar-refractivity contribution in [3.8, 4) is 33.8 Å². The van der Waals surface area contributed by atoms with Gasteiger partial charge in [-0.1, -0.05) is 91.0 Å². The first-order valence-corrected chi connectivity index (χ1v) is 31.7. The molecule has 0 spiro atoms. The van der Waals surface area contributed by atoms with Gasteiger partial charge in [0.15, 0.2) is 0 Å². The Labute approximate surface area is 562 Å². The quantitative estimate of drug-likeness (QED) is 0.0389. The molecule has 98 heavy (non-hydrogen) atoms. The maximum atomic E-state index is 14.9. The molecule has 0 radical (unpaired) electrons. The van der Waals surface area contributed by atoms with E-state index in [0.717, 1.165) is 36.0 Å². The fourth-order valence-corrected chi connectivity index (χ4v) is 11.8. The van der Waals surface area contributed by atoms with Crippen molar-refractivity contribution in [2.45, 2.75) is 90.6 Å². The lowest BCUT2D eigenvalue weighted by molar-refractivity contribution is 0.0668. The summed E-state index contributed by atoms with van der Waals surface area (Å²) in [5.74, 6) is -3.80. The number of nitrogens with zero attached hydrogens (tertiary/aromatic N) is 6. The monoisotopic (exact) mass is 1340 g/mol. The van der Waals surface area contributed by atoms with Crippen molar-refractivity contribution in [1.29, 1.82) is 0 Å². The van der Waals surface area contributed by atoms with Crippen LogP contribution < -0.4 is 50.4 Å². The van der Waals surface area contributed by atoms with Gasteiger partial charge in [-0.25, -0.2) is 27.2 Å². The maximum Gasteiger partial charge on any atom is 0.254 e. The number of amides is 6. The highest BCUT2D eigenvalue weighted by molar-refractivity contribution is 6.05. The lowest BCUT2D eigenvalue weighted by Crippen LogP contribution is -2.24. The first kappa shape index (κ1) is 69.7. The van der Waals surface area contributed by atoms with Gasteiger partial charge >= 0.3 is 0 Å². The third-order valence-electron chi connectivity index (χ3n) is 17.3. The third-order valence-corrected chi connectivity index (χ3v) is 17.3. The number of nitrogens with two attached hydrogens (primary N) is 6. The van der Waals surface area contributed by atoms with Gasteiger partial charge < -0.3 is 64.6 Å². The van der Waals surface area contributed by atoms with Gasteiger partial charge in [-0.05, 0) is 117 Å². The molecule has 3 saturated heterocycles. The van der Waals surface area contributed by atoms with E-state index >= 15 is 0 Å². The summed E-state index contributed by atoms with van der Waals surface area (Å²) in [6.07, 6.45) is 3.68. The second-order valence-corrected chi connectivity index (χ2v) is 23.9. The fourth-order valence-electron chi connectivity index (χ4n) is 11.8. The number of halogens is 3. The van der Waals surface area contributed by atoms with Crippen LogP contribution in [0.5, 0.6) is 0 Å². The van der Waals surface area contributed by atoms with Gasteiger partial charge in [-0.15, -0.1) is 0 Å². The van der Waals surface area contributed by atoms with Crippen LogP contribution >= 0.6 is 0 Å². The summed E-state index contributed by atoms with van der Waals surface area (Å²) < 4.78 is 62.9. The van der Waals surface area contributed by atoms with E-state index in [1.165, 1.54) is 30.3 Å². The smallest absolute Gasteiger partial charge is 0.254 e. The molecule has 6 heterocycles. The normalized spacial score (nSPS) is 14.7. The molecule has 0 aliphatic carbocycles. The summed E-state index contributed by atoms with van der Waals surface area (Å²) >= 11 is 0. The fraction of sp³-hybridized carbons (Fsp3) is 0.282. The Morgan fingerprint density at radius 1 is 0.439 bits per heavy atom. The van der Waals surface area contributed by atoms with Crippen molar-refractivity contribution in [2.75, 3.05) is 56.8 Å². The van der Waals surface area contributed by atoms with Crippen LogP contribution in [0.1, 0.15) is 146 Å². The largest absolute Gasteiger partial charge is 0.383 e. The van der Waals surface area contributed by atoms with E-state index in [4.69, 9.17) is 48.6 Å². The molecule has 27 heteroatoms. The zero-order valence-electron chi connectivity index (χ0n) is 54.2. The second-order valence-electron chi connectivity index (χ2n) is 23.9. The van der Waals surface area contributed by atoms with E-state index in [1.54, 1.807) is 88.6 Å². The molecule has 3 fully saturated rings. The lowest BCUT2D eigenvalue weighted by atomic mass is 10.0. The van der Waals surface area contributed by atoms with Crippen LogP contribution in [0.3, 0.4) is 0 Å². The number of anilines is 3. The van der Waals surface area contributed by atoms with Crippen LogP contribution in [-0.4, -0.2) is 104 Å². The highest BCUT2D eigenvalue weighted by atomic mass is 19.1. The molecule has 6 aromatic carbocycles. The number of nitrogen functional groups attached to an aromatic ring is 3. The minimum absolute atomic E-state index is 0.0145. The molecule has 9 aromatic rings. The number of hydrogen-bond donors (Lipinski definition) is 9. The number of carbonyl (C=O) groups excluding carboxylic acids is 6. The summed E-state index contributed by atoms with van der Waals surface area (Å²) in [6, 6.07) is 34.3. The van der Waals surface area contributed by atoms with Crippen LogP contribution in [0.15, 0.2) is 127 Å². The summed E-state index contributed by atoms with van der Waals surface area (Å²) in [6.45, 7) is 9.34. The Kier molecular flexibility index (Phi) is 22.1. The molecule has 3 aliphatic rings. The van der Waals surface area contributed by atoms with E-state index in [2.05, 4.69) is 31.2 Å². The van der Waals surface area contributed by atoms with Crippen molar-refractivity contribution >= 4 is 52.9 Å². The van der Waals surface area contributed by atoms with Crippen LogP contribution in [0, 0.1) is 38.2 Å². The van der Waals surface area contributed by atoms with Gasteiger partial charge in [0.25, 0.3) is 35.4 Å². The molecule has 1 unspecified atom stereocenters. The third kappa shape index (κ3) is 16.0. The summed E-state index contributed by atoms with van der Waals surface area (Å²) in [5, 5.41) is 22.0. The molecule has 24 nitrogen and oxygen atoms in total. The Bertz CT molecular complexity index is 4440. The predicted molar refractivity (Wildman–Crippen MR) is 361 cm³/mol. The number of hydrogen-bond acceptors (Lipinski definition) is 15. The van der Waals surface area contributed by atoms with Gasteiger partial charge in [0.05, 0.1) is 24.7 Å². The molecule has 6 amide bonds. The van der Waals surface area contributed by atoms with E-state index in [0.29, 0.717) is 114 Å². The molecule has 15 N–H and O–H groups in total. The Morgan fingerprint density at radius 2 is 0.806 bits per heavy atom. The van der Waals surface area contributed by atoms with E-state index in [1.807, 2.05) is 43.3 Å². The van der Waals surface area contributed by atoms with Crippen LogP contribution in [0.25, 0.3) is 33.8 Å². The number of rotatable bonds is 18. The summed E-state index contributed by atoms with van der Waals surface area (Å²) in [5.41, 5.74) is 44.0. The molecule has 1 atom stereocenters. The first-order valence-electron chi connectivity index (χ1n) is 31.7. The van der Waals surface area contributed by atoms with Crippen molar-refractivity contribution in [2.24, 2.45) is 17.2 Å². The Balaban J connectivity index is 0.000000159. The molecule has 510 valence electrons. The van der Waals surface area contributed by atoms with E-state index in [9.17, 15) is 41.9 Å². The van der Waals surface area contributed by atoms with E-state index in [-0.39, 0.29) is 95.3 Å². The number of aryl methyl sites for hydroxylation is 3. The van der Waals surface area contributed by atoms with Gasteiger partial charge in [-0.3, -0.25) is 28.8 Å². The first-order chi connectivity index (χ1) is 47.1. The second kappa shape index (κ2) is 31.1. The minimum Gasteiger partial charge on any atom is -0.383 e. The Morgan fingerprint density at radius 3 is 1.21 bits per heavy atom. The molecule has 0 bridgehead atoms. The number of nitrogens with one attached hydrogen (secondary N) is 3. The van der Waals surface area contributed by atoms with Crippen molar-refractivity contribution in [3.63, 3.8) is 0 Å². The topological polar surface area (TPSA) is 376 Å². The maximum absolute atomic E-state index is 14.9. The van der Waals surface area contributed by atoms with Crippen LogP contribution in [0.4, 0.5) is 30.6 Å². The minimum atomic E-state index is -0.726. The zero-order chi connectivity index (χ0) is 69.9. The number of primary amides is 3. The Hall–Kier alpha value is -11.2. The summed E-state index contributed by atoms with van der Waals surface area (Å²) in [7, 11) is 0. The van der Waals surface area contributed by atoms with Crippen molar-refractivity contribution < 1.29 is 56.1 Å². The van der Waals surface area contributed by atoms with Gasteiger partial charge in [0.1, 0.15) is 68.7 Å². The number of benzene rings is 6. The average Bonchev–Trinajstić information content (AvgIpc) is 1.61. The molecular weight excluding hydrogens is 1260 g/mol. The van der Waals surface area contributed by atoms with Crippen LogP contribution in [0.2, 0.25) is 0 Å². The standard InChI is InChI=1S/2C24H26FN5O3.C23H24FN5O3/c1-14-2-7-17(25)12-19(14)24(32)28-13-15-3-5-16(6-4-15)21-20(23(27)31)22(26)30(29-21)18-8-10-33-11-9-18;1-14-4-2-3-5-18(14)24(32)28-13-16-7-6-15(12-19(16)25)21-20(23(27)31)22(26)30(29-21)17-8-10-33-11-9-17;1-13-2-7-16(24)10-18(13)23(31)27-11-14-3-5-15(6-4-14)20-19(22(26)30)21(25)29(28-20)17-8-9-32-12-17/h2-7,12,18H,8-11,13,26H2,1H3,(H2,27,31)(H,28,32);2-7,12,17H,8-11,13,26H2,1H3,(H2,27,31)(H,28,32);2-7,10,17H,8-9,11-12,25H2,1H3,(H2,26,30)(H,27,31). The number of carbonyl (C=O) groups is 6. The van der Waals surface area contributed by atoms with Crippen molar-refractivity contribution in [1.82, 2.24) is 45.3 Å². The molecule has 3 aromatic heterocycles. The van der Waals surface area contributed by atoms with Crippen molar-refractivity contribution in [3.05, 3.63) is 212 Å². The van der Waals surface area contributed by atoms with Gasteiger partial charge in [0, 0.05) is 91.6 Å². The zero-order valence-corrected chi connectivity index (χ0v) is 54.2. The van der Waals surface area contributed by atoms with Crippen LogP contribution in [-0.2, 0) is 33.8 Å². The molecular formula is C71H76F3N15O9. The predicted octanol–water partition coefficient (Wildman–Crippen LogP) is 8.49. The lowest BCUT2D eigenvalue weighted by Gasteiger charge is -2.23. The average molecular weight is 1340 g/mol. The summed E-state index contributed by atoms with van der Waals surface area (Å²) in [4.78, 5) is 73.6. The van der Waals surface area contributed by atoms with E-state index < -0.39 is 35.2 Å². The van der Waals surface area contributed by atoms with Gasteiger partial charge in [-0.2, -0.15) is 15.3 Å². The number of ether oxygens (including phenoxy) is 3.